The van der Waals surface area contributed by atoms with E-state index in [1.807, 2.05) is 26.6 Å². The summed E-state index contributed by atoms with van der Waals surface area (Å²) in [6, 6.07) is 3.78. The first-order valence-corrected chi connectivity index (χ1v) is 13.8. The molecule has 0 heterocycles. The van der Waals surface area contributed by atoms with Crippen LogP contribution in [-0.2, 0) is 25.2 Å². The normalized spacial score (nSPS) is 23.9. The van der Waals surface area contributed by atoms with Crippen molar-refractivity contribution in [1.29, 1.82) is 0 Å². The van der Waals surface area contributed by atoms with Crippen LogP contribution < -0.4 is 0 Å². The highest BCUT2D eigenvalue weighted by Crippen LogP contribution is 2.53. The van der Waals surface area contributed by atoms with Crippen LogP contribution in [0.5, 0.6) is 5.75 Å². The molecule has 30 heavy (non-hydrogen) atoms. The zero-order valence-electron chi connectivity index (χ0n) is 17.8. The number of carbonyl (C=O) groups excluding carboxylic acids is 2. The Morgan fingerprint density at radius 3 is 2.47 bits per heavy atom. The number of ether oxygens (including phenoxy) is 1. The molecule has 0 spiro atoms. The highest BCUT2D eigenvalue weighted by atomic mass is 35.5. The molecule has 158 valence electrons. The van der Waals surface area contributed by atoms with Crippen molar-refractivity contribution in [3.63, 3.8) is 0 Å². The van der Waals surface area contributed by atoms with Crippen molar-refractivity contribution in [2.45, 2.75) is 51.6 Å². The third-order valence-electron chi connectivity index (χ3n) is 5.77. The van der Waals surface area contributed by atoms with Gasteiger partial charge in [0.15, 0.2) is 14.1 Å². The average molecular weight is 445 g/mol. The third kappa shape index (κ3) is 3.14. The summed E-state index contributed by atoms with van der Waals surface area (Å²) in [6.45, 7) is 7.96. The Labute approximate surface area is 182 Å². The molecule has 0 saturated heterocycles. The Hall–Kier alpha value is -1.99. The summed E-state index contributed by atoms with van der Waals surface area (Å²) in [5.74, 6) is -2.07. The molecule has 0 radical (unpaired) electrons. The largest absolute Gasteiger partial charge is 0.507 e. The second kappa shape index (κ2) is 7.02. The summed E-state index contributed by atoms with van der Waals surface area (Å²) in [5.41, 5.74) is 4.84. The SMILES string of the molecule is COC1(O[Si](C)(C)C)C2=C(CC3=C1C(=O)C(Cl)=CC3=O)c1c(O)cc(C)cc1CC2. The number of ketones is 2. The van der Waals surface area contributed by atoms with Gasteiger partial charge in [-0.05, 0) is 67.7 Å². The summed E-state index contributed by atoms with van der Waals surface area (Å²) in [5, 5.41) is 10.7. The molecule has 3 aliphatic rings. The number of aryl methyl sites for hydroxylation is 2. The van der Waals surface area contributed by atoms with Crippen LogP contribution in [0.15, 0.2) is 40.0 Å². The van der Waals surface area contributed by atoms with Gasteiger partial charge >= 0.3 is 0 Å². The molecule has 4 rings (SSSR count). The van der Waals surface area contributed by atoms with E-state index in [4.69, 9.17) is 20.8 Å². The lowest BCUT2D eigenvalue weighted by molar-refractivity contribution is -0.134. The molecule has 1 atom stereocenters. The number of hydrogen-bond acceptors (Lipinski definition) is 5. The number of carbonyl (C=O) groups is 2. The van der Waals surface area contributed by atoms with Gasteiger partial charge in [-0.3, -0.25) is 9.59 Å². The Balaban J connectivity index is 2.04. The number of phenols is 1. The van der Waals surface area contributed by atoms with E-state index >= 15 is 0 Å². The van der Waals surface area contributed by atoms with Crippen LogP contribution in [-0.4, -0.2) is 37.9 Å². The molecular formula is C23H25ClO5Si. The molecule has 0 amide bonds. The van der Waals surface area contributed by atoms with Crippen molar-refractivity contribution >= 4 is 37.1 Å². The van der Waals surface area contributed by atoms with Crippen molar-refractivity contribution in [3.8, 4) is 5.75 Å². The van der Waals surface area contributed by atoms with Gasteiger partial charge in [-0.25, -0.2) is 0 Å². The molecule has 0 saturated carbocycles. The molecule has 0 aromatic heterocycles. The number of fused-ring (bicyclic) bond motifs is 2. The number of allylic oxidation sites excluding steroid dienone is 4. The maximum absolute atomic E-state index is 13.2. The van der Waals surface area contributed by atoms with E-state index in [0.29, 0.717) is 18.4 Å². The fraction of sp³-hybridized carbons (Fsp3) is 0.391. The summed E-state index contributed by atoms with van der Waals surface area (Å²) in [7, 11) is -0.765. The van der Waals surface area contributed by atoms with Crippen molar-refractivity contribution in [2.75, 3.05) is 7.11 Å². The van der Waals surface area contributed by atoms with E-state index in [-0.39, 0.29) is 28.6 Å². The van der Waals surface area contributed by atoms with E-state index in [9.17, 15) is 14.7 Å². The summed E-state index contributed by atoms with van der Waals surface area (Å²) < 4.78 is 12.6. The maximum atomic E-state index is 13.2. The third-order valence-corrected chi connectivity index (χ3v) is 6.95. The first kappa shape index (κ1) is 21.2. The lowest BCUT2D eigenvalue weighted by Gasteiger charge is -2.47. The van der Waals surface area contributed by atoms with Crippen LogP contribution in [0.1, 0.15) is 29.5 Å². The molecule has 0 bridgehead atoms. The van der Waals surface area contributed by atoms with Gasteiger partial charge in [0, 0.05) is 30.7 Å². The first-order valence-electron chi connectivity index (χ1n) is 9.99. The van der Waals surface area contributed by atoms with E-state index in [2.05, 4.69) is 6.07 Å². The Kier molecular flexibility index (Phi) is 4.97. The zero-order chi connectivity index (χ0) is 22.0. The van der Waals surface area contributed by atoms with Gasteiger partial charge in [-0.1, -0.05) is 17.7 Å². The number of rotatable bonds is 3. The quantitative estimate of drug-likeness (QED) is 0.420. The summed E-state index contributed by atoms with van der Waals surface area (Å²) in [6.07, 6.45) is 2.68. The van der Waals surface area contributed by atoms with Crippen LogP contribution in [0.25, 0.3) is 5.57 Å². The van der Waals surface area contributed by atoms with Crippen LogP contribution in [0.3, 0.4) is 0 Å². The average Bonchev–Trinajstić information content (AvgIpc) is 2.63. The van der Waals surface area contributed by atoms with Crippen molar-refractivity contribution < 1.29 is 23.9 Å². The zero-order valence-corrected chi connectivity index (χ0v) is 19.6. The molecule has 7 heteroatoms. The minimum absolute atomic E-state index is 0.127. The van der Waals surface area contributed by atoms with Crippen LogP contribution >= 0.6 is 11.6 Å². The highest BCUT2D eigenvalue weighted by molar-refractivity contribution is 6.70. The molecule has 1 N–H and O–H groups in total. The second-order valence-electron chi connectivity index (χ2n) is 9.03. The van der Waals surface area contributed by atoms with E-state index in [0.717, 1.165) is 27.8 Å². The molecule has 0 aliphatic heterocycles. The molecular weight excluding hydrogens is 420 g/mol. The van der Waals surface area contributed by atoms with Gasteiger partial charge < -0.3 is 14.3 Å². The number of methoxy groups -OCH3 is 1. The molecule has 3 aliphatic carbocycles. The molecule has 0 fully saturated rings. The number of Topliss-reactive ketones (excluding diaryl/α,β-unsaturated/α-hetero) is 1. The molecule has 5 nitrogen and oxygen atoms in total. The number of halogens is 1. The number of aromatic hydroxyl groups is 1. The standard InChI is InChI=1S/C23H25ClO5Si/c1-12-8-13-6-7-16-14(20(13)19(26)9-12)10-15-18(25)11-17(24)22(27)21(15)23(16,28-2)29-30(3,4)5/h8-9,11,26H,6-7,10H2,1-5H3. The van der Waals surface area contributed by atoms with E-state index in [1.165, 1.54) is 13.2 Å². The summed E-state index contributed by atoms with van der Waals surface area (Å²) >= 11 is 6.14. The Morgan fingerprint density at radius 2 is 1.83 bits per heavy atom. The lowest BCUT2D eigenvalue weighted by Crippen LogP contribution is -2.52. The molecule has 1 aromatic carbocycles. The van der Waals surface area contributed by atoms with Crippen molar-refractivity contribution in [3.05, 3.63) is 56.7 Å². The Bertz CT molecular complexity index is 1090. The molecule has 1 aromatic rings. The van der Waals surface area contributed by atoms with Gasteiger partial charge in [0.2, 0.25) is 11.6 Å². The van der Waals surface area contributed by atoms with Crippen molar-refractivity contribution in [1.82, 2.24) is 0 Å². The van der Waals surface area contributed by atoms with Crippen LogP contribution in [0, 0.1) is 6.92 Å². The summed E-state index contributed by atoms with van der Waals surface area (Å²) in [4.78, 5) is 26.1. The maximum Gasteiger partial charge on any atom is 0.213 e. The fourth-order valence-corrected chi connectivity index (χ4v) is 6.18. The van der Waals surface area contributed by atoms with Gasteiger partial charge in [0.1, 0.15) is 5.75 Å². The van der Waals surface area contributed by atoms with Crippen molar-refractivity contribution in [2.24, 2.45) is 0 Å². The number of hydrogen-bond donors (Lipinski definition) is 1. The van der Waals surface area contributed by atoms with Crippen LogP contribution in [0.2, 0.25) is 19.6 Å². The lowest BCUT2D eigenvalue weighted by atomic mass is 9.69. The topological polar surface area (TPSA) is 72.8 Å². The number of phenolic OH excluding ortho intramolecular Hbond substituents is 1. The molecule has 1 unspecified atom stereocenters. The van der Waals surface area contributed by atoms with Gasteiger partial charge in [-0.15, -0.1) is 0 Å². The minimum Gasteiger partial charge on any atom is -0.507 e. The van der Waals surface area contributed by atoms with Gasteiger partial charge in [0.25, 0.3) is 0 Å². The fourth-order valence-electron chi connectivity index (χ4n) is 4.82. The van der Waals surface area contributed by atoms with Gasteiger partial charge in [0.05, 0.1) is 10.6 Å². The second-order valence-corrected chi connectivity index (χ2v) is 13.9. The number of benzene rings is 1. The Morgan fingerprint density at radius 1 is 1.13 bits per heavy atom. The predicted octanol–water partition coefficient (Wildman–Crippen LogP) is 4.57. The first-order chi connectivity index (χ1) is 14.0. The monoisotopic (exact) mass is 444 g/mol. The van der Waals surface area contributed by atoms with E-state index in [1.54, 1.807) is 6.07 Å². The van der Waals surface area contributed by atoms with E-state index < -0.39 is 19.9 Å². The highest BCUT2D eigenvalue weighted by Gasteiger charge is 2.54. The smallest absolute Gasteiger partial charge is 0.213 e. The predicted molar refractivity (Wildman–Crippen MR) is 118 cm³/mol. The van der Waals surface area contributed by atoms with Gasteiger partial charge in [-0.2, -0.15) is 0 Å². The minimum atomic E-state index is -2.26. The van der Waals surface area contributed by atoms with Crippen LogP contribution in [0.4, 0.5) is 0 Å².